The molecule has 1 aromatic heterocycles. The number of aromatic nitrogens is 2. The molecule has 0 saturated heterocycles. The van der Waals surface area contributed by atoms with Crippen LogP contribution in [0.3, 0.4) is 0 Å². The van der Waals surface area contributed by atoms with E-state index in [9.17, 15) is 0 Å². The minimum Gasteiger partial charge on any atom is -0.382 e. The number of nitrogens with zero attached hydrogens (tertiary/aromatic N) is 2. The molecule has 4 nitrogen and oxygen atoms in total. The molecule has 1 N–H and O–H groups in total. The molecule has 1 aromatic rings. The summed E-state index contributed by atoms with van der Waals surface area (Å²) in [6.45, 7) is 5.08. The van der Waals surface area contributed by atoms with Crippen LogP contribution in [0.4, 0.5) is 0 Å². The summed E-state index contributed by atoms with van der Waals surface area (Å²) in [6, 6.07) is 0.320. The lowest BCUT2D eigenvalue weighted by molar-refractivity contribution is 0.101. The van der Waals surface area contributed by atoms with Gasteiger partial charge in [-0.1, -0.05) is 0 Å². The van der Waals surface area contributed by atoms with Gasteiger partial charge in [-0.2, -0.15) is 5.10 Å². The zero-order valence-corrected chi connectivity index (χ0v) is 10.0. The van der Waals surface area contributed by atoms with Crippen molar-refractivity contribution in [2.45, 2.75) is 39.0 Å². The molecular formula is C11H21N3O. The first kappa shape index (κ1) is 12.2. The predicted molar refractivity (Wildman–Crippen MR) is 60.8 cm³/mol. The van der Waals surface area contributed by atoms with Crippen LogP contribution in [0.1, 0.15) is 31.9 Å². The molecule has 0 fully saturated rings. The van der Waals surface area contributed by atoms with E-state index in [1.165, 1.54) is 5.56 Å². The Balaban J connectivity index is 2.65. The van der Waals surface area contributed by atoms with Crippen LogP contribution < -0.4 is 5.32 Å². The Morgan fingerprint density at radius 2 is 2.33 bits per heavy atom. The molecule has 2 atom stereocenters. The topological polar surface area (TPSA) is 39.1 Å². The van der Waals surface area contributed by atoms with Crippen molar-refractivity contribution in [1.82, 2.24) is 15.1 Å². The van der Waals surface area contributed by atoms with E-state index in [2.05, 4.69) is 30.5 Å². The Hall–Kier alpha value is -0.870. The third-order valence-corrected chi connectivity index (χ3v) is 2.70. The van der Waals surface area contributed by atoms with E-state index in [0.29, 0.717) is 6.04 Å². The molecule has 1 rings (SSSR count). The van der Waals surface area contributed by atoms with Crippen molar-refractivity contribution < 1.29 is 4.74 Å². The summed E-state index contributed by atoms with van der Waals surface area (Å²) < 4.78 is 7.21. The van der Waals surface area contributed by atoms with Gasteiger partial charge in [0.1, 0.15) is 0 Å². The molecule has 1 heterocycles. The standard InChI is InChI=1S/C11H21N3O/c1-5-14-8-10(7-13-14)11(12-3)6-9(2)15-4/h7-9,11-12H,5-6H2,1-4H3. The van der Waals surface area contributed by atoms with E-state index in [1.807, 2.05) is 17.9 Å². The first-order valence-corrected chi connectivity index (χ1v) is 5.43. The average molecular weight is 211 g/mol. The SMILES string of the molecule is CCn1cc(C(CC(C)OC)NC)cn1. The van der Waals surface area contributed by atoms with Gasteiger partial charge in [0.25, 0.3) is 0 Å². The molecule has 15 heavy (non-hydrogen) atoms. The van der Waals surface area contributed by atoms with Crippen LogP contribution in [0, 0.1) is 0 Å². The molecule has 86 valence electrons. The van der Waals surface area contributed by atoms with Gasteiger partial charge in [0, 0.05) is 31.5 Å². The van der Waals surface area contributed by atoms with Gasteiger partial charge in [0.05, 0.1) is 12.3 Å². The third-order valence-electron chi connectivity index (χ3n) is 2.70. The molecule has 0 aliphatic heterocycles. The second kappa shape index (κ2) is 5.88. The molecule has 0 radical (unpaired) electrons. The summed E-state index contributed by atoms with van der Waals surface area (Å²) in [5.74, 6) is 0. The second-order valence-electron chi connectivity index (χ2n) is 3.75. The van der Waals surface area contributed by atoms with Gasteiger partial charge in [0.15, 0.2) is 0 Å². The summed E-state index contributed by atoms with van der Waals surface area (Å²) in [5.41, 5.74) is 1.23. The first-order chi connectivity index (χ1) is 7.21. The summed E-state index contributed by atoms with van der Waals surface area (Å²) in [5, 5.41) is 7.56. The van der Waals surface area contributed by atoms with Crippen LogP contribution >= 0.6 is 0 Å². The molecule has 0 saturated carbocycles. The lowest BCUT2D eigenvalue weighted by Crippen LogP contribution is -2.21. The zero-order valence-electron chi connectivity index (χ0n) is 10.0. The highest BCUT2D eigenvalue weighted by Crippen LogP contribution is 2.18. The quantitative estimate of drug-likeness (QED) is 0.776. The fourth-order valence-electron chi connectivity index (χ4n) is 1.58. The van der Waals surface area contributed by atoms with E-state index in [0.717, 1.165) is 13.0 Å². The highest BCUT2D eigenvalue weighted by molar-refractivity contribution is 5.10. The third kappa shape index (κ3) is 3.32. The van der Waals surface area contributed by atoms with E-state index in [4.69, 9.17) is 4.74 Å². The Labute approximate surface area is 91.6 Å². The van der Waals surface area contributed by atoms with Gasteiger partial charge in [-0.25, -0.2) is 0 Å². The molecule has 4 heteroatoms. The maximum Gasteiger partial charge on any atom is 0.0561 e. The Morgan fingerprint density at radius 1 is 1.60 bits per heavy atom. The zero-order chi connectivity index (χ0) is 11.3. The van der Waals surface area contributed by atoms with E-state index in [1.54, 1.807) is 7.11 Å². The van der Waals surface area contributed by atoms with Gasteiger partial charge < -0.3 is 10.1 Å². The normalized spacial score (nSPS) is 15.2. The van der Waals surface area contributed by atoms with Crippen molar-refractivity contribution in [2.24, 2.45) is 0 Å². The largest absolute Gasteiger partial charge is 0.382 e. The average Bonchev–Trinajstić information content (AvgIpc) is 2.73. The van der Waals surface area contributed by atoms with Gasteiger partial charge in [0.2, 0.25) is 0 Å². The molecular weight excluding hydrogens is 190 g/mol. The van der Waals surface area contributed by atoms with E-state index < -0.39 is 0 Å². The summed E-state index contributed by atoms with van der Waals surface area (Å²) in [7, 11) is 3.71. The minimum atomic E-state index is 0.257. The summed E-state index contributed by atoms with van der Waals surface area (Å²) in [4.78, 5) is 0. The van der Waals surface area contributed by atoms with Crippen molar-refractivity contribution >= 4 is 0 Å². The minimum absolute atomic E-state index is 0.257. The maximum absolute atomic E-state index is 5.27. The molecule has 0 aromatic carbocycles. The lowest BCUT2D eigenvalue weighted by atomic mass is 10.1. The van der Waals surface area contributed by atoms with Crippen molar-refractivity contribution in [3.63, 3.8) is 0 Å². The fourth-order valence-corrected chi connectivity index (χ4v) is 1.58. The van der Waals surface area contributed by atoms with Crippen LogP contribution in [-0.2, 0) is 11.3 Å². The number of hydrogen-bond acceptors (Lipinski definition) is 3. The second-order valence-corrected chi connectivity index (χ2v) is 3.75. The van der Waals surface area contributed by atoms with Crippen molar-refractivity contribution in [1.29, 1.82) is 0 Å². The van der Waals surface area contributed by atoms with Crippen LogP contribution in [-0.4, -0.2) is 30.0 Å². The molecule has 0 aliphatic carbocycles. The van der Waals surface area contributed by atoms with E-state index >= 15 is 0 Å². The Kier molecular flexibility index (Phi) is 4.78. The summed E-state index contributed by atoms with van der Waals surface area (Å²) in [6.07, 6.45) is 5.23. The van der Waals surface area contributed by atoms with Crippen LogP contribution in [0.15, 0.2) is 12.4 Å². The van der Waals surface area contributed by atoms with Gasteiger partial charge in [-0.3, -0.25) is 4.68 Å². The van der Waals surface area contributed by atoms with Crippen molar-refractivity contribution in [3.05, 3.63) is 18.0 Å². The molecule has 0 amide bonds. The molecule has 0 spiro atoms. The highest BCUT2D eigenvalue weighted by atomic mass is 16.5. The van der Waals surface area contributed by atoms with Crippen molar-refractivity contribution in [3.8, 4) is 0 Å². The number of rotatable bonds is 6. The smallest absolute Gasteiger partial charge is 0.0561 e. The van der Waals surface area contributed by atoms with Gasteiger partial charge in [-0.05, 0) is 27.3 Å². The number of aryl methyl sites for hydroxylation is 1. The van der Waals surface area contributed by atoms with E-state index in [-0.39, 0.29) is 6.10 Å². The first-order valence-electron chi connectivity index (χ1n) is 5.43. The summed E-state index contributed by atoms with van der Waals surface area (Å²) >= 11 is 0. The van der Waals surface area contributed by atoms with Crippen molar-refractivity contribution in [2.75, 3.05) is 14.2 Å². The number of hydrogen-bond donors (Lipinski definition) is 1. The van der Waals surface area contributed by atoms with Crippen LogP contribution in [0.5, 0.6) is 0 Å². The molecule has 0 aliphatic rings. The fraction of sp³-hybridized carbons (Fsp3) is 0.727. The number of nitrogens with one attached hydrogen (secondary N) is 1. The molecule has 0 bridgehead atoms. The predicted octanol–water partition coefficient (Wildman–Crippen LogP) is 1.59. The molecule has 2 unspecified atom stereocenters. The van der Waals surface area contributed by atoms with Crippen LogP contribution in [0.2, 0.25) is 0 Å². The monoisotopic (exact) mass is 211 g/mol. The van der Waals surface area contributed by atoms with Gasteiger partial charge in [-0.15, -0.1) is 0 Å². The van der Waals surface area contributed by atoms with Crippen LogP contribution in [0.25, 0.3) is 0 Å². The number of methoxy groups -OCH3 is 1. The Morgan fingerprint density at radius 3 is 2.80 bits per heavy atom. The lowest BCUT2D eigenvalue weighted by Gasteiger charge is -2.18. The highest BCUT2D eigenvalue weighted by Gasteiger charge is 2.14. The Bertz CT molecular complexity index is 285. The maximum atomic E-state index is 5.27. The number of ether oxygens (including phenoxy) is 1. The van der Waals surface area contributed by atoms with Gasteiger partial charge >= 0.3 is 0 Å².